The van der Waals surface area contributed by atoms with Crippen LogP contribution < -0.4 is 10.6 Å². The second-order valence-electron chi connectivity index (χ2n) is 6.38. The molecular weight excluding hydrogens is 333 g/mol. The highest BCUT2D eigenvalue weighted by atomic mass is 19.1. The molecule has 1 fully saturated rings. The van der Waals surface area contributed by atoms with Gasteiger partial charge >= 0.3 is 6.03 Å². The van der Waals surface area contributed by atoms with E-state index in [1.165, 1.54) is 12.1 Å². The molecule has 6 heteroatoms. The van der Waals surface area contributed by atoms with Gasteiger partial charge in [-0.25, -0.2) is 9.18 Å². The molecule has 136 valence electrons. The predicted octanol–water partition coefficient (Wildman–Crippen LogP) is 2.12. The van der Waals surface area contributed by atoms with Crippen molar-refractivity contribution < 1.29 is 14.0 Å². The first-order chi connectivity index (χ1) is 12.6. The number of nitrogens with one attached hydrogen (secondary N) is 2. The maximum absolute atomic E-state index is 13.5. The Morgan fingerprint density at radius 3 is 2.62 bits per heavy atom. The van der Waals surface area contributed by atoms with Crippen molar-refractivity contribution in [1.82, 2.24) is 15.5 Å². The SMILES string of the molecule is O=C(Cc1ccccc1)NCC(Cc1cccc(F)c1)N1CCNC1=O. The van der Waals surface area contributed by atoms with Crippen molar-refractivity contribution in [3.63, 3.8) is 0 Å². The fraction of sp³-hybridized carbons (Fsp3) is 0.300. The first-order valence-electron chi connectivity index (χ1n) is 8.71. The summed E-state index contributed by atoms with van der Waals surface area (Å²) in [4.78, 5) is 26.0. The lowest BCUT2D eigenvalue weighted by molar-refractivity contribution is -0.120. The molecule has 2 aromatic rings. The van der Waals surface area contributed by atoms with Crippen LogP contribution in [-0.2, 0) is 17.6 Å². The minimum atomic E-state index is -0.305. The number of benzene rings is 2. The monoisotopic (exact) mass is 355 g/mol. The third kappa shape index (κ3) is 4.81. The van der Waals surface area contributed by atoms with Crippen LogP contribution >= 0.6 is 0 Å². The van der Waals surface area contributed by atoms with Crippen molar-refractivity contribution in [3.05, 3.63) is 71.5 Å². The third-order valence-electron chi connectivity index (χ3n) is 4.43. The van der Waals surface area contributed by atoms with Gasteiger partial charge in [-0.1, -0.05) is 42.5 Å². The van der Waals surface area contributed by atoms with Gasteiger partial charge in [-0.3, -0.25) is 4.79 Å². The van der Waals surface area contributed by atoms with Crippen LogP contribution in [0.4, 0.5) is 9.18 Å². The molecule has 0 aliphatic carbocycles. The number of hydrogen-bond acceptors (Lipinski definition) is 2. The number of amides is 3. The fourth-order valence-electron chi connectivity index (χ4n) is 3.14. The Morgan fingerprint density at radius 2 is 1.92 bits per heavy atom. The number of halogens is 1. The summed E-state index contributed by atoms with van der Waals surface area (Å²) in [5.41, 5.74) is 1.73. The number of carbonyl (C=O) groups is 2. The molecular formula is C20H22FN3O2. The van der Waals surface area contributed by atoms with Gasteiger partial charge in [0.05, 0.1) is 12.5 Å². The molecule has 1 aliphatic heterocycles. The number of urea groups is 1. The molecule has 0 spiro atoms. The highest BCUT2D eigenvalue weighted by Gasteiger charge is 2.28. The third-order valence-corrected chi connectivity index (χ3v) is 4.43. The summed E-state index contributed by atoms with van der Waals surface area (Å²) >= 11 is 0. The highest BCUT2D eigenvalue weighted by Crippen LogP contribution is 2.13. The summed E-state index contributed by atoms with van der Waals surface area (Å²) in [6.45, 7) is 1.49. The molecule has 0 bridgehead atoms. The Balaban J connectivity index is 1.63. The number of nitrogens with zero attached hydrogens (tertiary/aromatic N) is 1. The molecule has 5 nitrogen and oxygen atoms in total. The minimum absolute atomic E-state index is 0.0972. The van der Waals surface area contributed by atoms with E-state index in [0.29, 0.717) is 32.5 Å². The van der Waals surface area contributed by atoms with Gasteiger partial charge in [-0.15, -0.1) is 0 Å². The summed E-state index contributed by atoms with van der Waals surface area (Å²) in [5.74, 6) is -0.403. The molecule has 2 N–H and O–H groups in total. The zero-order chi connectivity index (χ0) is 18.4. The van der Waals surface area contributed by atoms with Gasteiger partial charge in [0.15, 0.2) is 0 Å². The van der Waals surface area contributed by atoms with E-state index >= 15 is 0 Å². The molecule has 0 aromatic heterocycles. The van der Waals surface area contributed by atoms with Gasteiger partial charge in [0.1, 0.15) is 5.82 Å². The second kappa shape index (κ2) is 8.47. The lowest BCUT2D eigenvalue weighted by atomic mass is 10.0. The van der Waals surface area contributed by atoms with Gasteiger partial charge in [0, 0.05) is 19.6 Å². The molecule has 0 radical (unpaired) electrons. The van der Waals surface area contributed by atoms with Crippen molar-refractivity contribution in [2.75, 3.05) is 19.6 Å². The van der Waals surface area contributed by atoms with E-state index in [-0.39, 0.29) is 23.8 Å². The first-order valence-corrected chi connectivity index (χ1v) is 8.71. The van der Waals surface area contributed by atoms with Crippen LogP contribution in [0.5, 0.6) is 0 Å². The van der Waals surface area contributed by atoms with Crippen molar-refractivity contribution >= 4 is 11.9 Å². The maximum atomic E-state index is 13.5. The van der Waals surface area contributed by atoms with Gasteiger partial charge in [0.2, 0.25) is 5.91 Å². The average Bonchev–Trinajstić information content (AvgIpc) is 3.05. The molecule has 1 atom stereocenters. The van der Waals surface area contributed by atoms with Crippen LogP contribution in [0.1, 0.15) is 11.1 Å². The Bertz CT molecular complexity index is 767. The molecule has 0 saturated carbocycles. The molecule has 1 unspecified atom stereocenters. The van der Waals surface area contributed by atoms with Gasteiger partial charge in [-0.05, 0) is 29.7 Å². The molecule has 26 heavy (non-hydrogen) atoms. The Labute approximate surface area is 152 Å². The Hall–Kier alpha value is -2.89. The van der Waals surface area contributed by atoms with E-state index in [1.54, 1.807) is 11.0 Å². The fourth-order valence-corrected chi connectivity index (χ4v) is 3.14. The van der Waals surface area contributed by atoms with E-state index < -0.39 is 0 Å². The molecule has 3 rings (SSSR count). The van der Waals surface area contributed by atoms with E-state index in [1.807, 2.05) is 36.4 Å². The molecule has 1 aliphatic rings. The van der Waals surface area contributed by atoms with Crippen LogP contribution in [0.15, 0.2) is 54.6 Å². The Morgan fingerprint density at radius 1 is 1.15 bits per heavy atom. The van der Waals surface area contributed by atoms with Crippen molar-refractivity contribution in [3.8, 4) is 0 Å². The summed E-state index contributed by atoms with van der Waals surface area (Å²) in [6.07, 6.45) is 0.774. The van der Waals surface area contributed by atoms with E-state index in [2.05, 4.69) is 10.6 Å². The molecule has 3 amide bonds. The Kier molecular flexibility index (Phi) is 5.84. The minimum Gasteiger partial charge on any atom is -0.354 e. The van der Waals surface area contributed by atoms with Crippen molar-refractivity contribution in [2.24, 2.45) is 0 Å². The smallest absolute Gasteiger partial charge is 0.317 e. The number of rotatable bonds is 7. The summed E-state index contributed by atoms with van der Waals surface area (Å²) < 4.78 is 13.5. The molecule has 2 aromatic carbocycles. The van der Waals surface area contributed by atoms with Gasteiger partial charge < -0.3 is 15.5 Å². The first kappa shape index (κ1) is 17.9. The number of carbonyl (C=O) groups excluding carboxylic acids is 2. The van der Waals surface area contributed by atoms with Gasteiger partial charge in [-0.2, -0.15) is 0 Å². The zero-order valence-electron chi connectivity index (χ0n) is 14.5. The largest absolute Gasteiger partial charge is 0.354 e. The van der Waals surface area contributed by atoms with E-state index in [9.17, 15) is 14.0 Å². The quantitative estimate of drug-likeness (QED) is 0.799. The van der Waals surface area contributed by atoms with Crippen LogP contribution in [0, 0.1) is 5.82 Å². The maximum Gasteiger partial charge on any atom is 0.317 e. The number of hydrogen-bond donors (Lipinski definition) is 2. The van der Waals surface area contributed by atoms with E-state index in [0.717, 1.165) is 11.1 Å². The summed E-state index contributed by atoms with van der Waals surface area (Å²) in [5, 5.41) is 5.68. The predicted molar refractivity (Wildman–Crippen MR) is 97.2 cm³/mol. The van der Waals surface area contributed by atoms with Gasteiger partial charge in [0.25, 0.3) is 0 Å². The summed E-state index contributed by atoms with van der Waals surface area (Å²) in [7, 11) is 0. The van der Waals surface area contributed by atoms with Crippen molar-refractivity contribution in [1.29, 1.82) is 0 Å². The lowest BCUT2D eigenvalue weighted by Gasteiger charge is -2.27. The average molecular weight is 355 g/mol. The highest BCUT2D eigenvalue weighted by molar-refractivity contribution is 5.79. The van der Waals surface area contributed by atoms with Crippen LogP contribution in [0.25, 0.3) is 0 Å². The normalized spacial score (nSPS) is 14.8. The second-order valence-corrected chi connectivity index (χ2v) is 6.38. The van der Waals surface area contributed by atoms with Crippen molar-refractivity contribution in [2.45, 2.75) is 18.9 Å². The topological polar surface area (TPSA) is 61.4 Å². The summed E-state index contributed by atoms with van der Waals surface area (Å²) in [6, 6.07) is 15.5. The van der Waals surface area contributed by atoms with Crippen LogP contribution in [0.2, 0.25) is 0 Å². The van der Waals surface area contributed by atoms with Crippen LogP contribution in [-0.4, -0.2) is 42.5 Å². The van der Waals surface area contributed by atoms with E-state index in [4.69, 9.17) is 0 Å². The molecule has 1 saturated heterocycles. The molecule has 1 heterocycles. The lowest BCUT2D eigenvalue weighted by Crippen LogP contribution is -2.47. The standard InChI is InChI=1S/C20H22FN3O2/c21-17-8-4-7-16(11-17)12-18(24-10-9-22-20(24)26)14-23-19(25)13-15-5-2-1-3-6-15/h1-8,11,18H,9-10,12-14H2,(H,22,26)(H,23,25). The zero-order valence-corrected chi connectivity index (χ0v) is 14.5. The van der Waals surface area contributed by atoms with Crippen LogP contribution in [0.3, 0.4) is 0 Å².